The maximum Gasteiger partial charge on any atom is 0.321 e. The van der Waals surface area contributed by atoms with Gasteiger partial charge in [-0.2, -0.15) is 0 Å². The molecular weight excluding hydrogens is 340 g/mol. The molecular formula is C18H27ClN4O2. The fourth-order valence-electron chi connectivity index (χ4n) is 3.04. The smallest absolute Gasteiger partial charge is 0.321 e. The van der Waals surface area contributed by atoms with Crippen molar-refractivity contribution in [3.05, 3.63) is 35.4 Å². The molecule has 0 bridgehead atoms. The Labute approximate surface area is 155 Å². The number of urea groups is 1. The van der Waals surface area contributed by atoms with Gasteiger partial charge in [0.05, 0.1) is 6.54 Å². The van der Waals surface area contributed by atoms with E-state index in [9.17, 15) is 9.59 Å². The molecule has 2 fully saturated rings. The second-order valence-electron chi connectivity index (χ2n) is 6.58. The molecule has 1 aromatic carbocycles. The Morgan fingerprint density at radius 3 is 2.60 bits per heavy atom. The van der Waals surface area contributed by atoms with Crippen molar-refractivity contribution in [3.63, 3.8) is 0 Å². The number of hydrogen-bond donors (Lipinski definition) is 3. The third kappa shape index (κ3) is 5.70. The molecule has 1 atom stereocenters. The topological polar surface area (TPSA) is 73.5 Å². The minimum atomic E-state index is -0.374. The molecule has 6 nitrogen and oxygen atoms in total. The van der Waals surface area contributed by atoms with Crippen LogP contribution in [0, 0.1) is 0 Å². The number of piperazine rings is 1. The van der Waals surface area contributed by atoms with Gasteiger partial charge in [0.2, 0.25) is 5.91 Å². The Kier molecular flexibility index (Phi) is 7.23. The number of imide groups is 1. The van der Waals surface area contributed by atoms with Crippen molar-refractivity contribution in [2.75, 3.05) is 26.2 Å². The molecule has 1 aliphatic carbocycles. The summed E-state index contributed by atoms with van der Waals surface area (Å²) < 4.78 is 0. The average Bonchev–Trinajstić information content (AvgIpc) is 3.39. The lowest BCUT2D eigenvalue weighted by Crippen LogP contribution is -2.51. The van der Waals surface area contributed by atoms with E-state index < -0.39 is 0 Å². The third-order valence-electron chi connectivity index (χ3n) is 4.64. The van der Waals surface area contributed by atoms with Crippen LogP contribution in [0.4, 0.5) is 4.79 Å². The molecule has 138 valence electrons. The van der Waals surface area contributed by atoms with Crippen molar-refractivity contribution in [3.8, 4) is 0 Å². The lowest BCUT2D eigenvalue weighted by atomic mass is 10.0. The van der Waals surface area contributed by atoms with E-state index in [1.807, 2.05) is 0 Å². The molecule has 0 aromatic heterocycles. The number of rotatable bonds is 5. The van der Waals surface area contributed by atoms with Crippen molar-refractivity contribution >= 4 is 24.3 Å². The van der Waals surface area contributed by atoms with Gasteiger partial charge in [0.25, 0.3) is 0 Å². The fourth-order valence-corrected chi connectivity index (χ4v) is 3.04. The zero-order chi connectivity index (χ0) is 16.9. The Hall–Kier alpha value is -1.63. The number of aryl methyl sites for hydroxylation is 1. The average molecular weight is 367 g/mol. The number of nitrogens with zero attached hydrogens (tertiary/aromatic N) is 1. The van der Waals surface area contributed by atoms with Gasteiger partial charge in [-0.15, -0.1) is 12.4 Å². The molecule has 3 rings (SSSR count). The van der Waals surface area contributed by atoms with E-state index in [1.165, 1.54) is 11.1 Å². The number of carbonyl (C=O) groups excluding carboxylic acids is 2. The largest absolute Gasteiger partial charge is 0.335 e. The van der Waals surface area contributed by atoms with Gasteiger partial charge >= 0.3 is 6.03 Å². The van der Waals surface area contributed by atoms with E-state index in [2.05, 4.69) is 52.0 Å². The maximum atomic E-state index is 12.2. The summed E-state index contributed by atoms with van der Waals surface area (Å²) in [4.78, 5) is 26.0. The van der Waals surface area contributed by atoms with E-state index in [0.717, 1.165) is 38.9 Å². The van der Waals surface area contributed by atoms with Crippen molar-refractivity contribution in [1.82, 2.24) is 20.9 Å². The second-order valence-corrected chi connectivity index (χ2v) is 6.58. The predicted molar refractivity (Wildman–Crippen MR) is 99.9 cm³/mol. The van der Waals surface area contributed by atoms with Gasteiger partial charge < -0.3 is 10.6 Å². The summed E-state index contributed by atoms with van der Waals surface area (Å²) in [6.45, 7) is 4.83. The van der Waals surface area contributed by atoms with Crippen LogP contribution in [0.25, 0.3) is 0 Å². The summed E-state index contributed by atoms with van der Waals surface area (Å²) in [5.41, 5.74) is 2.51. The van der Waals surface area contributed by atoms with Gasteiger partial charge in [-0.05, 0) is 30.4 Å². The third-order valence-corrected chi connectivity index (χ3v) is 4.64. The molecule has 3 amide bonds. The number of halogens is 1. The van der Waals surface area contributed by atoms with Crippen LogP contribution in [0.1, 0.15) is 36.9 Å². The SMILES string of the molecule is CCc1ccc(C2CNCCN2CC(=O)NC(=O)NC2CC2)cc1.Cl. The van der Waals surface area contributed by atoms with Crippen LogP contribution in [0.2, 0.25) is 0 Å². The fraction of sp³-hybridized carbons (Fsp3) is 0.556. The summed E-state index contributed by atoms with van der Waals surface area (Å²) in [5.74, 6) is -0.245. The van der Waals surface area contributed by atoms with E-state index in [-0.39, 0.29) is 43.0 Å². The Morgan fingerprint density at radius 2 is 1.96 bits per heavy atom. The van der Waals surface area contributed by atoms with Crippen molar-refractivity contribution in [1.29, 1.82) is 0 Å². The highest BCUT2D eigenvalue weighted by atomic mass is 35.5. The van der Waals surface area contributed by atoms with Crippen molar-refractivity contribution in [2.45, 2.75) is 38.3 Å². The molecule has 1 saturated heterocycles. The normalized spacial score (nSPS) is 20.4. The lowest BCUT2D eigenvalue weighted by molar-refractivity contribution is -0.122. The van der Waals surface area contributed by atoms with Gasteiger partial charge in [-0.25, -0.2) is 4.79 Å². The molecule has 1 aliphatic heterocycles. The molecule has 0 spiro atoms. The van der Waals surface area contributed by atoms with Gasteiger partial charge in [0, 0.05) is 31.7 Å². The first-order valence-electron chi connectivity index (χ1n) is 8.79. The predicted octanol–water partition coefficient (Wildman–Crippen LogP) is 1.61. The highest BCUT2D eigenvalue weighted by Crippen LogP contribution is 2.22. The quantitative estimate of drug-likeness (QED) is 0.740. The Balaban J connectivity index is 0.00000225. The molecule has 0 radical (unpaired) electrons. The zero-order valence-corrected chi connectivity index (χ0v) is 15.4. The number of hydrogen-bond acceptors (Lipinski definition) is 4. The summed E-state index contributed by atoms with van der Waals surface area (Å²) in [6.07, 6.45) is 3.04. The van der Waals surface area contributed by atoms with Gasteiger partial charge in [-0.1, -0.05) is 31.2 Å². The van der Waals surface area contributed by atoms with Crippen LogP contribution in [0.5, 0.6) is 0 Å². The summed E-state index contributed by atoms with van der Waals surface area (Å²) in [6, 6.07) is 8.60. The van der Waals surface area contributed by atoms with Crippen LogP contribution < -0.4 is 16.0 Å². The monoisotopic (exact) mass is 366 g/mol. The number of nitrogens with one attached hydrogen (secondary N) is 3. The van der Waals surface area contributed by atoms with Crippen LogP contribution in [0.3, 0.4) is 0 Å². The second kappa shape index (κ2) is 9.17. The maximum absolute atomic E-state index is 12.2. The Morgan fingerprint density at radius 1 is 1.24 bits per heavy atom. The standard InChI is InChI=1S/C18H26N4O2.ClH/c1-2-13-3-5-14(6-4-13)16-11-19-9-10-22(16)12-17(23)21-18(24)20-15-7-8-15;/h3-6,15-16,19H,2,7-12H2,1H3,(H2,20,21,23,24);1H. The zero-order valence-electron chi connectivity index (χ0n) is 14.6. The molecule has 1 heterocycles. The van der Waals surface area contributed by atoms with Crippen LogP contribution >= 0.6 is 12.4 Å². The summed E-state index contributed by atoms with van der Waals surface area (Å²) >= 11 is 0. The Bertz CT molecular complexity index is 589. The highest BCUT2D eigenvalue weighted by molar-refractivity contribution is 5.95. The lowest BCUT2D eigenvalue weighted by Gasteiger charge is -2.36. The first-order valence-corrected chi connectivity index (χ1v) is 8.79. The first-order chi connectivity index (χ1) is 11.7. The minimum Gasteiger partial charge on any atom is -0.335 e. The minimum absolute atomic E-state index is 0. The molecule has 7 heteroatoms. The molecule has 25 heavy (non-hydrogen) atoms. The van der Waals surface area contributed by atoms with Crippen LogP contribution in [-0.2, 0) is 11.2 Å². The van der Waals surface area contributed by atoms with E-state index in [0.29, 0.717) is 0 Å². The van der Waals surface area contributed by atoms with Crippen LogP contribution in [0.15, 0.2) is 24.3 Å². The van der Waals surface area contributed by atoms with E-state index in [1.54, 1.807) is 0 Å². The van der Waals surface area contributed by atoms with Gasteiger partial charge in [-0.3, -0.25) is 15.0 Å². The molecule has 3 N–H and O–H groups in total. The molecule has 1 unspecified atom stereocenters. The number of amides is 3. The molecule has 2 aliphatic rings. The van der Waals surface area contributed by atoms with Crippen molar-refractivity contribution in [2.24, 2.45) is 0 Å². The highest BCUT2D eigenvalue weighted by Gasteiger charge is 2.27. The molecule has 1 aromatic rings. The number of benzene rings is 1. The van der Waals surface area contributed by atoms with Gasteiger partial charge in [0.1, 0.15) is 0 Å². The summed E-state index contributed by atoms with van der Waals surface area (Å²) in [7, 11) is 0. The van der Waals surface area contributed by atoms with E-state index in [4.69, 9.17) is 0 Å². The van der Waals surface area contributed by atoms with Crippen LogP contribution in [-0.4, -0.2) is 49.1 Å². The van der Waals surface area contributed by atoms with Gasteiger partial charge in [0.15, 0.2) is 0 Å². The first kappa shape index (κ1) is 19.7. The van der Waals surface area contributed by atoms with E-state index >= 15 is 0 Å². The summed E-state index contributed by atoms with van der Waals surface area (Å²) in [5, 5.41) is 8.60. The number of carbonyl (C=O) groups is 2. The van der Waals surface area contributed by atoms with Crippen molar-refractivity contribution < 1.29 is 9.59 Å². The molecule has 1 saturated carbocycles.